The van der Waals surface area contributed by atoms with Gasteiger partial charge in [-0.25, -0.2) is 10.7 Å². The number of carbonyl (C=O) groups is 3. The number of amides is 1. The van der Waals surface area contributed by atoms with E-state index in [4.69, 9.17) is 29.6 Å². The van der Waals surface area contributed by atoms with Crippen LogP contribution in [0.4, 0.5) is 0 Å². The number of carboxylic acids is 1. The third kappa shape index (κ3) is 10.5. The predicted octanol–water partition coefficient (Wildman–Crippen LogP) is -0.268. The Morgan fingerprint density at radius 1 is 1.11 bits per heavy atom. The molecule has 2 rings (SSSR count). The molecule has 0 saturated carbocycles. The van der Waals surface area contributed by atoms with Crippen LogP contribution in [0.5, 0.6) is 5.75 Å². The molecule has 1 fully saturated rings. The number of aliphatic hydroxyl groups is 1. The molecule has 1 saturated heterocycles. The number of esters is 1. The first-order chi connectivity index (χ1) is 16.8. The Morgan fingerprint density at radius 3 is 2.51 bits per heavy atom. The summed E-state index contributed by atoms with van der Waals surface area (Å²) in [6, 6.07) is 4.59. The van der Waals surface area contributed by atoms with Crippen molar-refractivity contribution in [2.45, 2.75) is 44.9 Å². The van der Waals surface area contributed by atoms with E-state index < -0.39 is 36.3 Å². The van der Waals surface area contributed by atoms with Gasteiger partial charge in [-0.3, -0.25) is 9.59 Å². The van der Waals surface area contributed by atoms with Crippen LogP contribution < -0.4 is 16.0 Å². The van der Waals surface area contributed by atoms with Crippen LogP contribution in [0.25, 0.3) is 0 Å². The van der Waals surface area contributed by atoms with E-state index in [1.54, 1.807) is 6.07 Å². The van der Waals surface area contributed by atoms with Gasteiger partial charge < -0.3 is 44.1 Å². The van der Waals surface area contributed by atoms with Gasteiger partial charge in [0.1, 0.15) is 12.4 Å². The number of nitrogens with two attached hydrogens (primary N) is 1. The van der Waals surface area contributed by atoms with E-state index in [9.17, 15) is 24.6 Å². The molecule has 196 valence electrons. The lowest BCUT2D eigenvalue weighted by molar-refractivity contribution is -0.195. The largest absolute Gasteiger partial charge is 0.479 e. The molecule has 1 aromatic rings. The van der Waals surface area contributed by atoms with Gasteiger partial charge in [0.25, 0.3) is 5.91 Å². The van der Waals surface area contributed by atoms with Crippen LogP contribution in [-0.4, -0.2) is 86.1 Å². The van der Waals surface area contributed by atoms with E-state index in [1.165, 1.54) is 19.1 Å². The van der Waals surface area contributed by atoms with Crippen molar-refractivity contribution in [3.63, 3.8) is 0 Å². The Kier molecular flexibility index (Phi) is 12.4. The average molecular weight is 501 g/mol. The number of aliphatic carboxylic acids is 1. The SMILES string of the molecule is CC(=O)OCc1ccc(O[C@H]2C[C@@H](O)C[C@@H](C(=O)O)O2)c(C(=O)NCCOCCOCCON)c1. The molecular weight excluding hydrogens is 468 g/mol. The standard InChI is InChI=1S/C22H32N2O11/c1-14(25)32-13-15-2-3-18(34-20-12-16(26)11-19(35-20)22(28)29)17(10-15)21(27)24-4-5-30-6-7-31-8-9-33-23/h2-3,10,16,19-20,26H,4-9,11-13,23H2,1H3,(H,24,27)(H,28,29)/t16-,19-,20+/m0/s1. The molecule has 1 aliphatic heterocycles. The van der Waals surface area contributed by atoms with Crippen molar-refractivity contribution in [3.8, 4) is 5.75 Å². The molecule has 13 nitrogen and oxygen atoms in total. The predicted molar refractivity (Wildman–Crippen MR) is 118 cm³/mol. The monoisotopic (exact) mass is 500 g/mol. The summed E-state index contributed by atoms with van der Waals surface area (Å²) in [5, 5.41) is 21.9. The second kappa shape index (κ2) is 15.2. The zero-order valence-corrected chi connectivity index (χ0v) is 19.5. The summed E-state index contributed by atoms with van der Waals surface area (Å²) in [7, 11) is 0. The smallest absolute Gasteiger partial charge is 0.333 e. The molecule has 0 aliphatic carbocycles. The number of nitrogens with one attached hydrogen (secondary N) is 1. The minimum Gasteiger partial charge on any atom is -0.479 e. The fourth-order valence-electron chi connectivity index (χ4n) is 3.13. The van der Waals surface area contributed by atoms with Crippen LogP contribution in [0.3, 0.4) is 0 Å². The van der Waals surface area contributed by atoms with Gasteiger partial charge in [-0.2, -0.15) is 0 Å². The summed E-state index contributed by atoms with van der Waals surface area (Å²) in [6.45, 7) is 2.93. The number of aliphatic hydroxyl groups excluding tert-OH is 1. The summed E-state index contributed by atoms with van der Waals surface area (Å²) >= 11 is 0. The maximum absolute atomic E-state index is 12.9. The van der Waals surface area contributed by atoms with E-state index in [2.05, 4.69) is 10.2 Å². The normalized spacial score (nSPS) is 19.7. The zero-order chi connectivity index (χ0) is 25.6. The number of ether oxygens (including phenoxy) is 5. The molecule has 1 aliphatic rings. The van der Waals surface area contributed by atoms with Gasteiger partial charge in [-0.05, 0) is 17.7 Å². The third-order valence-corrected chi connectivity index (χ3v) is 4.78. The second-order valence-corrected chi connectivity index (χ2v) is 7.60. The number of carboxylic acid groups (broad SMARTS) is 1. The minimum absolute atomic E-state index is 0.0351. The molecule has 0 aromatic heterocycles. The Bertz CT molecular complexity index is 836. The molecule has 1 heterocycles. The quantitative estimate of drug-likeness (QED) is 0.141. The first-order valence-corrected chi connectivity index (χ1v) is 11.0. The van der Waals surface area contributed by atoms with Crippen LogP contribution in [-0.2, 0) is 40.0 Å². The highest BCUT2D eigenvalue weighted by atomic mass is 16.7. The first-order valence-electron chi connectivity index (χ1n) is 11.0. The van der Waals surface area contributed by atoms with Crippen molar-refractivity contribution in [2.75, 3.05) is 39.6 Å². The van der Waals surface area contributed by atoms with Crippen LogP contribution in [0, 0.1) is 0 Å². The molecule has 13 heteroatoms. The van der Waals surface area contributed by atoms with Crippen molar-refractivity contribution < 1.29 is 53.1 Å². The third-order valence-electron chi connectivity index (χ3n) is 4.78. The van der Waals surface area contributed by atoms with E-state index in [-0.39, 0.29) is 50.5 Å². The van der Waals surface area contributed by atoms with Crippen molar-refractivity contribution >= 4 is 17.8 Å². The summed E-state index contributed by atoms with van der Waals surface area (Å²) in [5.41, 5.74) is 0.663. The van der Waals surface area contributed by atoms with E-state index in [1.807, 2.05) is 0 Å². The summed E-state index contributed by atoms with van der Waals surface area (Å²) in [6.07, 6.45) is -3.26. The summed E-state index contributed by atoms with van der Waals surface area (Å²) < 4.78 is 26.7. The van der Waals surface area contributed by atoms with E-state index in [0.29, 0.717) is 25.4 Å². The minimum atomic E-state index is -1.23. The lowest BCUT2D eigenvalue weighted by atomic mass is 10.0. The second-order valence-electron chi connectivity index (χ2n) is 7.60. The fraction of sp³-hybridized carbons (Fsp3) is 0.591. The average Bonchev–Trinajstić information content (AvgIpc) is 2.81. The van der Waals surface area contributed by atoms with Gasteiger partial charge in [0, 0.05) is 26.3 Å². The van der Waals surface area contributed by atoms with Gasteiger partial charge in [0.2, 0.25) is 6.29 Å². The highest BCUT2D eigenvalue weighted by Crippen LogP contribution is 2.27. The Balaban J connectivity index is 1.98. The molecule has 3 atom stereocenters. The molecule has 5 N–H and O–H groups in total. The van der Waals surface area contributed by atoms with Gasteiger partial charge in [-0.15, -0.1) is 0 Å². The molecule has 0 radical (unpaired) electrons. The molecule has 1 amide bonds. The Hall–Kier alpha value is -2.81. The maximum atomic E-state index is 12.9. The van der Waals surface area contributed by atoms with Gasteiger partial charge in [0.15, 0.2) is 6.10 Å². The van der Waals surface area contributed by atoms with Gasteiger partial charge in [-0.1, -0.05) is 6.07 Å². The summed E-state index contributed by atoms with van der Waals surface area (Å²) in [4.78, 5) is 39.6. The zero-order valence-electron chi connectivity index (χ0n) is 19.5. The number of rotatable bonds is 15. The Morgan fingerprint density at radius 2 is 1.83 bits per heavy atom. The van der Waals surface area contributed by atoms with Crippen molar-refractivity contribution in [1.29, 1.82) is 0 Å². The van der Waals surface area contributed by atoms with Gasteiger partial charge >= 0.3 is 11.9 Å². The Labute approximate surface area is 202 Å². The van der Waals surface area contributed by atoms with Crippen LogP contribution >= 0.6 is 0 Å². The molecule has 35 heavy (non-hydrogen) atoms. The highest BCUT2D eigenvalue weighted by Gasteiger charge is 2.34. The number of hydrogen-bond acceptors (Lipinski definition) is 11. The van der Waals surface area contributed by atoms with Crippen molar-refractivity contribution in [3.05, 3.63) is 29.3 Å². The molecule has 0 spiro atoms. The fourth-order valence-corrected chi connectivity index (χ4v) is 3.13. The first kappa shape index (κ1) is 28.4. The maximum Gasteiger partial charge on any atom is 0.333 e. The topological polar surface area (TPSA) is 185 Å². The molecule has 1 aromatic carbocycles. The van der Waals surface area contributed by atoms with Gasteiger partial charge in [0.05, 0.1) is 44.7 Å². The van der Waals surface area contributed by atoms with Crippen LogP contribution in [0.1, 0.15) is 35.7 Å². The molecule has 0 unspecified atom stereocenters. The number of hydrogen-bond donors (Lipinski definition) is 4. The highest BCUT2D eigenvalue weighted by molar-refractivity contribution is 5.97. The number of benzene rings is 1. The molecule has 0 bridgehead atoms. The summed E-state index contributed by atoms with van der Waals surface area (Å²) in [5.74, 6) is 2.82. The van der Waals surface area contributed by atoms with Crippen molar-refractivity contribution in [2.24, 2.45) is 5.90 Å². The lowest BCUT2D eigenvalue weighted by Gasteiger charge is -2.31. The van der Waals surface area contributed by atoms with Crippen molar-refractivity contribution in [1.82, 2.24) is 5.32 Å². The van der Waals surface area contributed by atoms with Crippen LogP contribution in [0.15, 0.2) is 18.2 Å². The lowest BCUT2D eigenvalue weighted by Crippen LogP contribution is -2.42. The number of carbonyl (C=O) groups excluding carboxylic acids is 2. The van der Waals surface area contributed by atoms with E-state index in [0.717, 1.165) is 0 Å². The van der Waals surface area contributed by atoms with Crippen LogP contribution in [0.2, 0.25) is 0 Å². The molecular formula is C22H32N2O11. The van der Waals surface area contributed by atoms with E-state index >= 15 is 0 Å².